The summed E-state index contributed by atoms with van der Waals surface area (Å²) >= 11 is 6.11. The van der Waals surface area contributed by atoms with Gasteiger partial charge in [0.15, 0.2) is 0 Å². The molecule has 2 aromatic rings. The standard InChI is InChI=1S/C20H18ClNO/c21-16-10-11-18-17(12-16)19(20(23)22-18)15-8-6-14(7-9-15)13-4-2-1-3-5-13/h1-5,10-12,14-15H,6-9H2. The van der Waals surface area contributed by atoms with Crippen LogP contribution in [0.5, 0.6) is 0 Å². The molecule has 1 aliphatic carbocycles. The Kier molecular flexibility index (Phi) is 3.78. The average Bonchev–Trinajstić information content (AvgIpc) is 2.91. The first-order chi connectivity index (χ1) is 11.2. The van der Waals surface area contributed by atoms with E-state index >= 15 is 0 Å². The Morgan fingerprint density at radius 2 is 1.61 bits per heavy atom. The summed E-state index contributed by atoms with van der Waals surface area (Å²) in [5.41, 5.74) is 2.30. The Morgan fingerprint density at radius 1 is 0.913 bits per heavy atom. The van der Waals surface area contributed by atoms with E-state index in [0.717, 1.165) is 41.8 Å². The molecule has 116 valence electrons. The molecule has 1 fully saturated rings. The maximum absolute atomic E-state index is 12.3. The molecule has 2 aromatic carbocycles. The molecule has 1 saturated carbocycles. The predicted octanol–water partition coefficient (Wildman–Crippen LogP) is 3.62. The number of nitrogens with zero attached hydrogens (tertiary/aromatic N) is 1. The molecule has 23 heavy (non-hydrogen) atoms. The van der Waals surface area contributed by atoms with Crippen molar-refractivity contribution in [3.05, 3.63) is 69.7 Å². The van der Waals surface area contributed by atoms with Gasteiger partial charge in [0.25, 0.3) is 5.91 Å². The van der Waals surface area contributed by atoms with E-state index in [0.29, 0.717) is 16.9 Å². The lowest BCUT2D eigenvalue weighted by molar-refractivity contribution is -0.113. The zero-order valence-electron chi connectivity index (χ0n) is 12.8. The highest BCUT2D eigenvalue weighted by Gasteiger charge is 2.30. The van der Waals surface area contributed by atoms with Crippen molar-refractivity contribution in [2.45, 2.75) is 31.6 Å². The molecular formula is C20H18ClNO. The molecule has 0 saturated heterocycles. The third-order valence-electron chi connectivity index (χ3n) is 5.11. The van der Waals surface area contributed by atoms with Crippen LogP contribution in [0.1, 0.15) is 37.2 Å². The molecule has 0 atom stereocenters. The maximum Gasteiger partial charge on any atom is 0.274 e. The molecule has 0 radical (unpaired) electrons. The Balaban J connectivity index is 1.61. The van der Waals surface area contributed by atoms with Crippen LogP contribution in [0.4, 0.5) is 0 Å². The van der Waals surface area contributed by atoms with Crippen molar-refractivity contribution < 1.29 is 4.79 Å². The van der Waals surface area contributed by atoms with Gasteiger partial charge in [0, 0.05) is 15.8 Å². The quantitative estimate of drug-likeness (QED) is 0.830. The molecule has 0 unspecified atom stereocenters. The second-order valence-corrected chi connectivity index (χ2v) is 6.89. The number of carbonyl (C=O) groups is 1. The maximum atomic E-state index is 12.3. The van der Waals surface area contributed by atoms with Crippen LogP contribution in [0.25, 0.3) is 5.57 Å². The minimum Gasteiger partial charge on any atom is -0.267 e. The van der Waals surface area contributed by atoms with Gasteiger partial charge in [-0.3, -0.25) is 4.79 Å². The van der Waals surface area contributed by atoms with Gasteiger partial charge in [-0.2, -0.15) is 0 Å². The van der Waals surface area contributed by atoms with Crippen LogP contribution in [0, 0.1) is 5.92 Å². The molecule has 0 N–H and O–H groups in total. The Morgan fingerprint density at radius 3 is 2.35 bits per heavy atom. The number of benzene rings is 2. The van der Waals surface area contributed by atoms with Crippen LogP contribution in [0.2, 0.25) is 5.02 Å². The molecule has 0 aromatic heterocycles. The SMILES string of the molecule is O=C1N=c2ccc(Cl)cc2=C1C1CCC(c2ccccc2)CC1. The number of halogens is 1. The van der Waals surface area contributed by atoms with Crippen LogP contribution >= 0.6 is 11.6 Å². The van der Waals surface area contributed by atoms with Gasteiger partial charge >= 0.3 is 0 Å². The normalized spacial score (nSPS) is 23.5. The van der Waals surface area contributed by atoms with Crippen molar-refractivity contribution in [3.8, 4) is 0 Å². The molecule has 2 aliphatic rings. The molecule has 1 amide bonds. The van der Waals surface area contributed by atoms with Crippen molar-refractivity contribution in [1.82, 2.24) is 0 Å². The fraction of sp³-hybridized carbons (Fsp3) is 0.300. The molecule has 4 rings (SSSR count). The van der Waals surface area contributed by atoms with E-state index in [1.165, 1.54) is 5.56 Å². The van der Waals surface area contributed by atoms with Gasteiger partial charge in [0.2, 0.25) is 0 Å². The minimum atomic E-state index is -0.0644. The lowest BCUT2D eigenvalue weighted by Gasteiger charge is -2.29. The van der Waals surface area contributed by atoms with Gasteiger partial charge in [-0.1, -0.05) is 41.9 Å². The second-order valence-electron chi connectivity index (χ2n) is 6.45. The summed E-state index contributed by atoms with van der Waals surface area (Å²) in [6.07, 6.45) is 4.34. The van der Waals surface area contributed by atoms with Crippen LogP contribution in [0.15, 0.2) is 53.5 Å². The van der Waals surface area contributed by atoms with Crippen molar-refractivity contribution in [2.24, 2.45) is 10.9 Å². The largest absolute Gasteiger partial charge is 0.274 e. The average molecular weight is 324 g/mol. The Bertz CT molecular complexity index is 864. The lowest BCUT2D eigenvalue weighted by Crippen LogP contribution is -2.27. The number of fused-ring (bicyclic) bond motifs is 1. The van der Waals surface area contributed by atoms with Crippen molar-refractivity contribution in [1.29, 1.82) is 0 Å². The first-order valence-electron chi connectivity index (χ1n) is 8.20. The van der Waals surface area contributed by atoms with Crippen molar-refractivity contribution in [2.75, 3.05) is 0 Å². The number of carbonyl (C=O) groups excluding carboxylic acids is 1. The number of rotatable bonds is 2. The summed E-state index contributed by atoms with van der Waals surface area (Å²) in [4.78, 5) is 16.5. The number of hydrogen-bond donors (Lipinski definition) is 0. The van der Waals surface area contributed by atoms with E-state index in [9.17, 15) is 4.79 Å². The first kappa shape index (κ1) is 14.6. The van der Waals surface area contributed by atoms with E-state index in [-0.39, 0.29) is 5.91 Å². The van der Waals surface area contributed by atoms with Crippen molar-refractivity contribution in [3.63, 3.8) is 0 Å². The summed E-state index contributed by atoms with van der Waals surface area (Å²) in [6.45, 7) is 0. The van der Waals surface area contributed by atoms with Gasteiger partial charge < -0.3 is 0 Å². The monoisotopic (exact) mass is 323 g/mol. The number of amides is 1. The second kappa shape index (κ2) is 5.93. The molecule has 1 aliphatic heterocycles. The van der Waals surface area contributed by atoms with Gasteiger partial charge in [0.1, 0.15) is 0 Å². The van der Waals surface area contributed by atoms with Gasteiger partial charge in [-0.25, -0.2) is 4.99 Å². The lowest BCUT2D eigenvalue weighted by atomic mass is 9.75. The molecule has 3 heteroatoms. The Hall–Kier alpha value is -1.93. The van der Waals surface area contributed by atoms with Crippen LogP contribution in [-0.2, 0) is 4.79 Å². The van der Waals surface area contributed by atoms with Gasteiger partial charge in [-0.05, 0) is 61.3 Å². The minimum absolute atomic E-state index is 0.0644. The molecular weight excluding hydrogens is 306 g/mol. The molecule has 1 heterocycles. The summed E-state index contributed by atoms with van der Waals surface area (Å²) in [5.74, 6) is 0.858. The topological polar surface area (TPSA) is 29.4 Å². The van der Waals surface area contributed by atoms with E-state index in [4.69, 9.17) is 11.6 Å². The van der Waals surface area contributed by atoms with E-state index < -0.39 is 0 Å². The third-order valence-corrected chi connectivity index (χ3v) is 5.34. The molecule has 0 spiro atoms. The first-order valence-corrected chi connectivity index (χ1v) is 8.58. The van der Waals surface area contributed by atoms with Crippen molar-refractivity contribution >= 4 is 23.1 Å². The van der Waals surface area contributed by atoms with Gasteiger partial charge in [-0.15, -0.1) is 0 Å². The third kappa shape index (κ3) is 2.72. The summed E-state index contributed by atoms with van der Waals surface area (Å²) in [7, 11) is 0. The molecule has 0 bridgehead atoms. The van der Waals surface area contributed by atoms with E-state index in [1.54, 1.807) is 6.07 Å². The molecule has 2 nitrogen and oxygen atoms in total. The zero-order valence-corrected chi connectivity index (χ0v) is 13.6. The summed E-state index contributed by atoms with van der Waals surface area (Å²) in [5, 5.41) is 2.40. The Labute approximate surface area is 140 Å². The van der Waals surface area contributed by atoms with Crippen LogP contribution in [0.3, 0.4) is 0 Å². The highest BCUT2D eigenvalue weighted by molar-refractivity contribution is 6.30. The summed E-state index contributed by atoms with van der Waals surface area (Å²) < 4.78 is 0. The van der Waals surface area contributed by atoms with Crippen LogP contribution in [-0.4, -0.2) is 5.91 Å². The highest BCUT2D eigenvalue weighted by atomic mass is 35.5. The fourth-order valence-corrected chi connectivity index (χ4v) is 4.11. The van der Waals surface area contributed by atoms with Crippen LogP contribution < -0.4 is 10.6 Å². The fourth-order valence-electron chi connectivity index (χ4n) is 3.94. The number of hydrogen-bond acceptors (Lipinski definition) is 1. The predicted molar refractivity (Wildman–Crippen MR) is 91.8 cm³/mol. The van der Waals surface area contributed by atoms with E-state index in [1.807, 2.05) is 12.1 Å². The van der Waals surface area contributed by atoms with Gasteiger partial charge in [0.05, 0.1) is 5.36 Å². The highest BCUT2D eigenvalue weighted by Crippen LogP contribution is 2.39. The van der Waals surface area contributed by atoms with E-state index in [2.05, 4.69) is 35.3 Å². The smallest absolute Gasteiger partial charge is 0.267 e. The zero-order chi connectivity index (χ0) is 15.8. The summed E-state index contributed by atoms with van der Waals surface area (Å²) in [6, 6.07) is 16.2.